The Balaban J connectivity index is 1.29. The predicted octanol–water partition coefficient (Wildman–Crippen LogP) is 11.8. The molecule has 1 heteroatoms. The Hall–Kier alpha value is -5.92. The lowest BCUT2D eigenvalue weighted by Crippen LogP contribution is -2.26. The molecule has 1 atom stereocenters. The van der Waals surface area contributed by atoms with Gasteiger partial charge in [0, 0.05) is 16.5 Å². The maximum atomic E-state index is 6.87. The van der Waals surface area contributed by atoms with Gasteiger partial charge in [0.25, 0.3) is 0 Å². The number of rotatable bonds is 1. The van der Waals surface area contributed by atoms with Crippen LogP contribution in [0, 0.1) is 0 Å². The molecule has 0 N–H and O–H groups in total. The summed E-state index contributed by atoms with van der Waals surface area (Å²) in [6.07, 6.45) is 0. The van der Waals surface area contributed by atoms with Crippen LogP contribution in [0.5, 0.6) is 11.5 Å². The van der Waals surface area contributed by atoms with E-state index in [1.165, 1.54) is 77.2 Å². The molecule has 0 radical (unpaired) electrons. The van der Waals surface area contributed by atoms with Crippen LogP contribution in [-0.2, 0) is 5.41 Å². The van der Waals surface area contributed by atoms with Crippen LogP contribution < -0.4 is 4.74 Å². The molecule has 1 heterocycles. The summed E-state index contributed by atoms with van der Waals surface area (Å²) in [5.74, 6) is 1.85. The minimum absolute atomic E-state index is 0.429. The van der Waals surface area contributed by atoms with Crippen LogP contribution in [0.25, 0.3) is 66.1 Å². The summed E-state index contributed by atoms with van der Waals surface area (Å²) < 4.78 is 6.87. The number of fused-ring (bicyclic) bond motifs is 14. The quantitative estimate of drug-likeness (QED) is 0.187. The number of benzene rings is 8. The zero-order valence-electron chi connectivity index (χ0n) is 24.9. The standard InChI is InChI=1S/C45H26O/c1-2-13-29-27(11-1)23-25-34-30-14-3-6-19-37(30)45(43(29)34)38-20-7-4-16-36(38)42-33(18-10-21-39(42)45)35-26-24-28-12-9-17-32-31-15-5-8-22-40(31)46-44(35)41(28)32/h1-26H. The number of para-hydroxylation sites is 1. The van der Waals surface area contributed by atoms with Crippen LogP contribution in [0.15, 0.2) is 158 Å². The summed E-state index contributed by atoms with van der Waals surface area (Å²) in [6, 6.07) is 58.1. The highest BCUT2D eigenvalue weighted by Crippen LogP contribution is 2.65. The molecule has 0 bridgehead atoms. The van der Waals surface area contributed by atoms with Crippen molar-refractivity contribution < 1.29 is 4.74 Å². The monoisotopic (exact) mass is 582 g/mol. The fraction of sp³-hybridized carbons (Fsp3) is 0.0222. The second kappa shape index (κ2) is 8.62. The Kier molecular flexibility index (Phi) is 4.57. The Morgan fingerprint density at radius 1 is 0.370 bits per heavy atom. The fourth-order valence-electron chi connectivity index (χ4n) is 8.97. The van der Waals surface area contributed by atoms with E-state index in [1.807, 2.05) is 0 Å². The van der Waals surface area contributed by atoms with Gasteiger partial charge >= 0.3 is 0 Å². The number of hydrogen-bond acceptors (Lipinski definition) is 1. The van der Waals surface area contributed by atoms with Crippen molar-refractivity contribution in [1.82, 2.24) is 0 Å². The molecular weight excluding hydrogens is 556 g/mol. The van der Waals surface area contributed by atoms with Crippen LogP contribution >= 0.6 is 0 Å². The third-order valence-corrected chi connectivity index (χ3v) is 10.7. The van der Waals surface area contributed by atoms with E-state index < -0.39 is 5.41 Å². The molecule has 2 aliphatic carbocycles. The Bertz CT molecular complexity index is 2630. The van der Waals surface area contributed by atoms with Gasteiger partial charge in [-0.25, -0.2) is 0 Å². The second-order valence-electron chi connectivity index (χ2n) is 12.7. The topological polar surface area (TPSA) is 9.23 Å². The zero-order chi connectivity index (χ0) is 30.0. The van der Waals surface area contributed by atoms with Crippen LogP contribution in [0.2, 0.25) is 0 Å². The van der Waals surface area contributed by atoms with E-state index in [9.17, 15) is 0 Å². The van der Waals surface area contributed by atoms with Gasteiger partial charge < -0.3 is 4.74 Å². The molecule has 0 fully saturated rings. The van der Waals surface area contributed by atoms with E-state index >= 15 is 0 Å². The molecule has 8 aromatic carbocycles. The van der Waals surface area contributed by atoms with Crippen molar-refractivity contribution in [2.24, 2.45) is 0 Å². The summed E-state index contributed by atoms with van der Waals surface area (Å²) in [5, 5.41) is 4.96. The Labute approximate surface area is 267 Å². The lowest BCUT2D eigenvalue weighted by Gasteiger charge is -2.31. The smallest absolute Gasteiger partial charge is 0.143 e. The zero-order valence-corrected chi connectivity index (χ0v) is 24.9. The second-order valence-corrected chi connectivity index (χ2v) is 12.7. The average Bonchev–Trinajstić information content (AvgIpc) is 3.60. The molecule has 212 valence electrons. The summed E-state index contributed by atoms with van der Waals surface area (Å²) >= 11 is 0. The average molecular weight is 583 g/mol. The van der Waals surface area contributed by atoms with Gasteiger partial charge in [-0.1, -0.05) is 146 Å². The number of hydrogen-bond donors (Lipinski definition) is 0. The predicted molar refractivity (Wildman–Crippen MR) is 189 cm³/mol. The molecule has 3 aliphatic rings. The Morgan fingerprint density at radius 2 is 0.978 bits per heavy atom. The first-order valence-corrected chi connectivity index (χ1v) is 16.0. The van der Waals surface area contributed by atoms with Gasteiger partial charge in [-0.3, -0.25) is 0 Å². The highest BCUT2D eigenvalue weighted by Gasteiger charge is 2.53. The van der Waals surface area contributed by atoms with Crippen molar-refractivity contribution in [3.05, 3.63) is 180 Å². The van der Waals surface area contributed by atoms with Crippen molar-refractivity contribution in [2.75, 3.05) is 0 Å². The molecule has 0 saturated carbocycles. The lowest BCUT2D eigenvalue weighted by molar-refractivity contribution is 0.489. The summed E-state index contributed by atoms with van der Waals surface area (Å²) in [4.78, 5) is 0. The third kappa shape index (κ3) is 2.83. The minimum atomic E-state index is -0.429. The maximum Gasteiger partial charge on any atom is 0.143 e. The first-order chi connectivity index (χ1) is 22.8. The first-order valence-electron chi connectivity index (χ1n) is 16.0. The van der Waals surface area contributed by atoms with E-state index in [0.717, 1.165) is 22.6 Å². The fourth-order valence-corrected chi connectivity index (χ4v) is 8.97. The minimum Gasteiger partial charge on any atom is -0.455 e. The van der Waals surface area contributed by atoms with E-state index in [1.54, 1.807) is 0 Å². The van der Waals surface area contributed by atoms with Crippen molar-refractivity contribution in [3.63, 3.8) is 0 Å². The van der Waals surface area contributed by atoms with Crippen LogP contribution in [-0.4, -0.2) is 0 Å². The van der Waals surface area contributed by atoms with Gasteiger partial charge in [-0.15, -0.1) is 0 Å². The molecule has 1 nitrogen and oxygen atoms in total. The van der Waals surface area contributed by atoms with Gasteiger partial charge in [-0.05, 0) is 83.9 Å². The Morgan fingerprint density at radius 3 is 1.89 bits per heavy atom. The van der Waals surface area contributed by atoms with Crippen molar-refractivity contribution >= 4 is 21.5 Å². The molecule has 0 aromatic heterocycles. The van der Waals surface area contributed by atoms with Crippen LogP contribution in [0.4, 0.5) is 0 Å². The molecule has 46 heavy (non-hydrogen) atoms. The molecule has 8 aromatic rings. The van der Waals surface area contributed by atoms with Gasteiger partial charge in [0.2, 0.25) is 0 Å². The molecule has 1 spiro atoms. The van der Waals surface area contributed by atoms with Crippen LogP contribution in [0.1, 0.15) is 22.3 Å². The summed E-state index contributed by atoms with van der Waals surface area (Å²) in [6.45, 7) is 0. The maximum absolute atomic E-state index is 6.87. The van der Waals surface area contributed by atoms with Crippen molar-refractivity contribution in [3.8, 4) is 56.0 Å². The summed E-state index contributed by atoms with van der Waals surface area (Å²) in [7, 11) is 0. The SMILES string of the molecule is c1ccc2c(c1)Oc1c(-c3cccc4c3-c3ccccc3C43c4ccccc4-c4ccc5ccccc5c43)ccc3cccc-2c13. The van der Waals surface area contributed by atoms with Gasteiger partial charge in [0.1, 0.15) is 11.5 Å². The normalized spacial score (nSPS) is 16.1. The van der Waals surface area contributed by atoms with Crippen molar-refractivity contribution in [2.45, 2.75) is 5.41 Å². The van der Waals surface area contributed by atoms with E-state index in [4.69, 9.17) is 4.74 Å². The van der Waals surface area contributed by atoms with E-state index in [-0.39, 0.29) is 0 Å². The molecule has 0 saturated heterocycles. The molecule has 1 aliphatic heterocycles. The van der Waals surface area contributed by atoms with Crippen molar-refractivity contribution in [1.29, 1.82) is 0 Å². The van der Waals surface area contributed by atoms with Gasteiger partial charge in [-0.2, -0.15) is 0 Å². The largest absolute Gasteiger partial charge is 0.455 e. The van der Waals surface area contributed by atoms with Crippen LogP contribution in [0.3, 0.4) is 0 Å². The molecule has 1 unspecified atom stereocenters. The highest BCUT2D eigenvalue weighted by atomic mass is 16.5. The molecule has 0 amide bonds. The highest BCUT2D eigenvalue weighted by molar-refractivity contribution is 6.10. The van der Waals surface area contributed by atoms with Gasteiger partial charge in [0.05, 0.1) is 5.41 Å². The summed E-state index contributed by atoms with van der Waals surface area (Å²) in [5.41, 5.74) is 14.9. The number of ether oxygens (including phenoxy) is 1. The van der Waals surface area contributed by atoms with Gasteiger partial charge in [0.15, 0.2) is 0 Å². The van der Waals surface area contributed by atoms with E-state index in [2.05, 4.69) is 158 Å². The molecular formula is C45H26O. The first kappa shape index (κ1) is 24.4. The van der Waals surface area contributed by atoms with E-state index in [0.29, 0.717) is 0 Å². The lowest BCUT2D eigenvalue weighted by atomic mass is 9.69. The third-order valence-electron chi connectivity index (χ3n) is 10.7. The molecule has 11 rings (SSSR count).